The molecule has 4 rings (SSSR count). The highest BCUT2D eigenvalue weighted by molar-refractivity contribution is 7.99. The number of nitrogen functional groups attached to an aromatic ring is 1. The minimum Gasteiger partial charge on any atom is -0.495 e. The third-order valence-corrected chi connectivity index (χ3v) is 6.50. The zero-order valence-corrected chi connectivity index (χ0v) is 18.9. The predicted octanol–water partition coefficient (Wildman–Crippen LogP) is 2.03. The number of piperazine rings is 1. The summed E-state index contributed by atoms with van der Waals surface area (Å²) in [6.45, 7) is 6.84. The van der Waals surface area contributed by atoms with Crippen molar-refractivity contribution in [3.8, 4) is 5.75 Å². The first-order valence-corrected chi connectivity index (χ1v) is 11.3. The van der Waals surface area contributed by atoms with Gasteiger partial charge in [-0.2, -0.15) is 0 Å². The van der Waals surface area contributed by atoms with E-state index in [0.717, 1.165) is 42.2 Å². The lowest BCUT2D eigenvalue weighted by molar-refractivity contribution is -0.128. The lowest BCUT2D eigenvalue weighted by atomic mass is 10.2. The van der Waals surface area contributed by atoms with Gasteiger partial charge in [0, 0.05) is 37.4 Å². The molecule has 0 spiro atoms. The molecule has 3 heterocycles. The van der Waals surface area contributed by atoms with Crippen LogP contribution in [0.2, 0.25) is 0 Å². The number of methoxy groups -OCH3 is 1. The van der Waals surface area contributed by atoms with Crippen LogP contribution in [0.4, 0.5) is 11.6 Å². The van der Waals surface area contributed by atoms with Gasteiger partial charge in [0.25, 0.3) is 0 Å². The standard InChI is InChI=1S/C21H27N7O2S/c1-4-15-14(2)23-20(22)28-19(15)24-25-21(28)31-13-18(29)27-11-9-26(10-12-27)16-7-5-6-8-17(16)30-3/h5-8H,4,9-13H2,1-3H3,(H2,22,23). The maximum atomic E-state index is 12.8. The Kier molecular flexibility index (Phi) is 6.17. The molecule has 1 fully saturated rings. The van der Waals surface area contributed by atoms with Crippen LogP contribution in [0, 0.1) is 6.92 Å². The van der Waals surface area contributed by atoms with Crippen molar-refractivity contribution in [1.29, 1.82) is 0 Å². The number of fused-ring (bicyclic) bond motifs is 1. The molecule has 1 aromatic carbocycles. The highest BCUT2D eigenvalue weighted by atomic mass is 32.2. The smallest absolute Gasteiger partial charge is 0.233 e. The summed E-state index contributed by atoms with van der Waals surface area (Å²) in [4.78, 5) is 21.4. The molecule has 1 saturated heterocycles. The quantitative estimate of drug-likeness (QED) is 0.580. The fourth-order valence-electron chi connectivity index (χ4n) is 3.94. The number of rotatable bonds is 6. The molecule has 2 N–H and O–H groups in total. The molecule has 1 aliphatic heterocycles. The fraction of sp³-hybridized carbons (Fsp3) is 0.429. The molecule has 0 aliphatic carbocycles. The highest BCUT2D eigenvalue weighted by Gasteiger charge is 2.24. The first-order chi connectivity index (χ1) is 15.0. The predicted molar refractivity (Wildman–Crippen MR) is 122 cm³/mol. The normalized spacial score (nSPS) is 14.3. The average molecular weight is 442 g/mol. The van der Waals surface area contributed by atoms with Crippen LogP contribution < -0.4 is 15.4 Å². The van der Waals surface area contributed by atoms with Gasteiger partial charge in [0.05, 0.1) is 18.6 Å². The number of carbonyl (C=O) groups is 1. The molecular formula is C21H27N7O2S. The van der Waals surface area contributed by atoms with E-state index in [4.69, 9.17) is 10.5 Å². The van der Waals surface area contributed by atoms with Crippen molar-refractivity contribution in [3.05, 3.63) is 35.5 Å². The van der Waals surface area contributed by atoms with Crippen molar-refractivity contribution in [2.24, 2.45) is 0 Å². The monoisotopic (exact) mass is 441 g/mol. The van der Waals surface area contributed by atoms with Gasteiger partial charge in [-0.1, -0.05) is 30.8 Å². The van der Waals surface area contributed by atoms with Crippen molar-refractivity contribution < 1.29 is 9.53 Å². The van der Waals surface area contributed by atoms with E-state index in [1.54, 1.807) is 11.5 Å². The van der Waals surface area contributed by atoms with Crippen molar-refractivity contribution in [1.82, 2.24) is 24.5 Å². The van der Waals surface area contributed by atoms with E-state index in [9.17, 15) is 4.79 Å². The largest absolute Gasteiger partial charge is 0.495 e. The number of aromatic nitrogens is 4. The van der Waals surface area contributed by atoms with E-state index in [2.05, 4.69) is 27.0 Å². The summed E-state index contributed by atoms with van der Waals surface area (Å²) in [5, 5.41) is 9.14. The van der Waals surface area contributed by atoms with Gasteiger partial charge in [0.2, 0.25) is 11.9 Å². The summed E-state index contributed by atoms with van der Waals surface area (Å²) >= 11 is 1.35. The number of carbonyl (C=O) groups excluding carboxylic acids is 1. The minimum absolute atomic E-state index is 0.0794. The van der Waals surface area contributed by atoms with Crippen molar-refractivity contribution in [2.45, 2.75) is 25.4 Å². The van der Waals surface area contributed by atoms with Gasteiger partial charge < -0.3 is 20.3 Å². The van der Waals surface area contributed by atoms with Crippen LogP contribution in [0.5, 0.6) is 5.75 Å². The molecule has 3 aromatic rings. The van der Waals surface area contributed by atoms with Crippen LogP contribution in [0.15, 0.2) is 29.4 Å². The molecule has 0 bridgehead atoms. The molecule has 1 aliphatic rings. The second kappa shape index (κ2) is 9.01. The summed E-state index contributed by atoms with van der Waals surface area (Å²) < 4.78 is 7.20. The molecule has 31 heavy (non-hydrogen) atoms. The average Bonchev–Trinajstić information content (AvgIpc) is 3.22. The number of nitrogens with zero attached hydrogens (tertiary/aromatic N) is 6. The Morgan fingerprint density at radius 3 is 2.65 bits per heavy atom. The number of hydrogen-bond acceptors (Lipinski definition) is 8. The summed E-state index contributed by atoms with van der Waals surface area (Å²) in [5.41, 5.74) is 9.78. The number of thioether (sulfide) groups is 1. The van der Waals surface area contributed by atoms with Crippen molar-refractivity contribution >= 4 is 35.0 Å². The summed E-state index contributed by atoms with van der Waals surface area (Å²) in [7, 11) is 1.68. The van der Waals surface area contributed by atoms with Crippen molar-refractivity contribution in [3.63, 3.8) is 0 Å². The Morgan fingerprint density at radius 1 is 1.19 bits per heavy atom. The molecule has 9 nitrogen and oxygen atoms in total. The van der Waals surface area contributed by atoms with Crippen LogP contribution in [-0.2, 0) is 11.2 Å². The van der Waals surface area contributed by atoms with Gasteiger partial charge in [-0.15, -0.1) is 10.2 Å². The highest BCUT2D eigenvalue weighted by Crippen LogP contribution is 2.29. The maximum absolute atomic E-state index is 12.8. The Balaban J connectivity index is 1.39. The molecule has 0 atom stereocenters. The second-order valence-electron chi connectivity index (χ2n) is 7.36. The third kappa shape index (κ3) is 4.12. The third-order valence-electron chi connectivity index (χ3n) is 5.59. The van der Waals surface area contributed by atoms with Crippen LogP contribution in [0.3, 0.4) is 0 Å². The second-order valence-corrected chi connectivity index (χ2v) is 8.30. The Hall–Kier alpha value is -3.01. The number of nitrogens with two attached hydrogens (primary N) is 1. The van der Waals surface area contributed by atoms with E-state index < -0.39 is 0 Å². The van der Waals surface area contributed by atoms with E-state index in [1.807, 2.05) is 36.1 Å². The zero-order chi connectivity index (χ0) is 22.0. The van der Waals surface area contributed by atoms with E-state index in [-0.39, 0.29) is 11.7 Å². The summed E-state index contributed by atoms with van der Waals surface area (Å²) in [6.07, 6.45) is 0.792. The molecule has 10 heteroatoms. The van der Waals surface area contributed by atoms with Gasteiger partial charge in [-0.3, -0.25) is 4.79 Å². The van der Waals surface area contributed by atoms with Crippen LogP contribution in [0.1, 0.15) is 18.2 Å². The van der Waals surface area contributed by atoms with E-state index >= 15 is 0 Å². The molecular weight excluding hydrogens is 414 g/mol. The Labute approximate surface area is 185 Å². The SMILES string of the molecule is CCc1c(C)nc(N)n2c(SCC(=O)N3CCN(c4ccccc4OC)CC3)nnc12. The number of anilines is 2. The summed E-state index contributed by atoms with van der Waals surface area (Å²) in [6, 6.07) is 7.97. The number of para-hydroxylation sites is 2. The van der Waals surface area contributed by atoms with E-state index in [0.29, 0.717) is 29.8 Å². The maximum Gasteiger partial charge on any atom is 0.233 e. The molecule has 0 radical (unpaired) electrons. The van der Waals surface area contributed by atoms with Crippen LogP contribution >= 0.6 is 11.8 Å². The number of aryl methyl sites for hydroxylation is 2. The number of hydrogen-bond donors (Lipinski definition) is 1. The lowest BCUT2D eigenvalue weighted by Crippen LogP contribution is -2.49. The zero-order valence-electron chi connectivity index (χ0n) is 18.0. The molecule has 0 unspecified atom stereocenters. The first kappa shape index (κ1) is 21.2. The summed E-state index contributed by atoms with van der Waals surface area (Å²) in [5.74, 6) is 1.56. The Bertz CT molecular complexity index is 1090. The molecule has 0 saturated carbocycles. The van der Waals surface area contributed by atoms with Gasteiger partial charge in [0.1, 0.15) is 5.75 Å². The van der Waals surface area contributed by atoms with Gasteiger partial charge in [-0.05, 0) is 25.5 Å². The van der Waals surface area contributed by atoms with Crippen molar-refractivity contribution in [2.75, 3.05) is 49.7 Å². The lowest BCUT2D eigenvalue weighted by Gasteiger charge is -2.36. The van der Waals surface area contributed by atoms with Crippen LogP contribution in [-0.4, -0.2) is 69.4 Å². The molecule has 164 valence electrons. The minimum atomic E-state index is 0.0794. The number of ether oxygens (including phenoxy) is 1. The van der Waals surface area contributed by atoms with E-state index in [1.165, 1.54) is 11.8 Å². The number of benzene rings is 1. The Morgan fingerprint density at radius 2 is 1.94 bits per heavy atom. The van der Waals surface area contributed by atoms with Gasteiger partial charge in [-0.25, -0.2) is 9.38 Å². The molecule has 1 amide bonds. The van der Waals surface area contributed by atoms with Gasteiger partial charge in [0.15, 0.2) is 10.8 Å². The fourth-order valence-corrected chi connectivity index (χ4v) is 4.78. The van der Waals surface area contributed by atoms with Gasteiger partial charge >= 0.3 is 0 Å². The molecule has 2 aromatic heterocycles. The van der Waals surface area contributed by atoms with Crippen LogP contribution in [0.25, 0.3) is 5.65 Å². The number of amides is 1. The first-order valence-electron chi connectivity index (χ1n) is 10.3. The topological polar surface area (TPSA) is 102 Å².